The standard InChI is InChI=1S/C17H15N3O2S2/c1-11-5-2-3-6-14(11)20-16(12-9-24(22)10-13(12)19-20)18-17(21)15-7-4-8-23-15/h2-8H,9-10H2,1H3,(H,18,21)/t24-/m1/s1. The van der Waals surface area contributed by atoms with Crippen LogP contribution in [-0.2, 0) is 22.3 Å². The van der Waals surface area contributed by atoms with E-state index in [0.717, 1.165) is 22.5 Å². The molecule has 0 spiro atoms. The van der Waals surface area contributed by atoms with Crippen LogP contribution < -0.4 is 5.32 Å². The first-order valence-corrected chi connectivity index (χ1v) is 9.87. The van der Waals surface area contributed by atoms with Crippen LogP contribution in [0.3, 0.4) is 0 Å². The zero-order chi connectivity index (χ0) is 16.7. The molecule has 3 aromatic rings. The molecule has 0 saturated heterocycles. The molecule has 0 aliphatic carbocycles. The third-order valence-corrected chi connectivity index (χ3v) is 6.06. The van der Waals surface area contributed by atoms with Crippen molar-refractivity contribution in [3.05, 3.63) is 63.5 Å². The second-order valence-corrected chi connectivity index (χ2v) is 8.04. The largest absolute Gasteiger partial charge is 0.305 e. The molecule has 0 radical (unpaired) electrons. The summed E-state index contributed by atoms with van der Waals surface area (Å²) in [5.74, 6) is 1.33. The van der Waals surface area contributed by atoms with E-state index in [2.05, 4.69) is 10.4 Å². The predicted octanol–water partition coefficient (Wildman–Crippen LogP) is 3.26. The number of nitrogens with one attached hydrogen (secondary N) is 1. The van der Waals surface area contributed by atoms with E-state index in [-0.39, 0.29) is 5.91 Å². The fraction of sp³-hybridized carbons (Fsp3) is 0.176. The maximum absolute atomic E-state index is 12.5. The van der Waals surface area contributed by atoms with Crippen LogP contribution >= 0.6 is 11.3 Å². The van der Waals surface area contributed by atoms with Gasteiger partial charge < -0.3 is 5.32 Å². The predicted molar refractivity (Wildman–Crippen MR) is 96.1 cm³/mol. The Bertz CT molecular complexity index is 945. The Kier molecular flexibility index (Phi) is 3.82. The number of amides is 1. The second-order valence-electron chi connectivity index (χ2n) is 5.63. The molecule has 7 heteroatoms. The Morgan fingerprint density at radius 1 is 1.25 bits per heavy atom. The topological polar surface area (TPSA) is 64.0 Å². The Labute approximate surface area is 145 Å². The minimum atomic E-state index is -0.945. The van der Waals surface area contributed by atoms with Crippen molar-refractivity contribution in [3.8, 4) is 5.69 Å². The third-order valence-electron chi connectivity index (χ3n) is 3.99. The van der Waals surface area contributed by atoms with Crippen LogP contribution in [0.1, 0.15) is 26.5 Å². The Morgan fingerprint density at radius 3 is 2.83 bits per heavy atom. The molecule has 0 unspecified atom stereocenters. The summed E-state index contributed by atoms with van der Waals surface area (Å²) in [6.07, 6.45) is 0. The van der Waals surface area contributed by atoms with Crippen molar-refractivity contribution in [2.24, 2.45) is 0 Å². The molecule has 0 bridgehead atoms. The third kappa shape index (κ3) is 2.59. The first-order chi connectivity index (χ1) is 11.6. The summed E-state index contributed by atoms with van der Waals surface area (Å²) >= 11 is 1.39. The van der Waals surface area contributed by atoms with Crippen molar-refractivity contribution in [2.75, 3.05) is 5.32 Å². The molecular weight excluding hydrogens is 342 g/mol. The number of hydrogen-bond donors (Lipinski definition) is 1. The molecule has 3 heterocycles. The van der Waals surface area contributed by atoms with Crippen LogP contribution in [0.5, 0.6) is 0 Å². The number of carbonyl (C=O) groups excluding carboxylic acids is 1. The highest BCUT2D eigenvalue weighted by Crippen LogP contribution is 2.32. The van der Waals surface area contributed by atoms with E-state index >= 15 is 0 Å². The first kappa shape index (κ1) is 15.3. The highest BCUT2D eigenvalue weighted by atomic mass is 32.2. The van der Waals surface area contributed by atoms with Crippen molar-refractivity contribution >= 4 is 33.9 Å². The van der Waals surface area contributed by atoms with E-state index in [1.807, 2.05) is 42.6 Å². The number of aryl methyl sites for hydroxylation is 1. The van der Waals surface area contributed by atoms with E-state index in [4.69, 9.17) is 0 Å². The minimum absolute atomic E-state index is 0.166. The number of fused-ring (bicyclic) bond motifs is 1. The Hall–Kier alpha value is -2.25. The van der Waals surface area contributed by atoms with Crippen molar-refractivity contribution in [1.82, 2.24) is 9.78 Å². The van der Waals surface area contributed by atoms with Gasteiger partial charge in [-0.1, -0.05) is 24.3 Å². The molecule has 1 aliphatic heterocycles. The van der Waals surface area contributed by atoms with E-state index < -0.39 is 10.8 Å². The molecule has 24 heavy (non-hydrogen) atoms. The van der Waals surface area contributed by atoms with E-state index in [0.29, 0.717) is 22.2 Å². The second kappa shape index (κ2) is 5.99. The molecular formula is C17H15N3O2S2. The van der Waals surface area contributed by atoms with Crippen LogP contribution in [0.25, 0.3) is 5.69 Å². The highest BCUT2D eigenvalue weighted by Gasteiger charge is 2.28. The number of benzene rings is 1. The molecule has 2 aromatic heterocycles. The van der Waals surface area contributed by atoms with Gasteiger partial charge in [-0.15, -0.1) is 11.3 Å². The summed E-state index contributed by atoms with van der Waals surface area (Å²) in [7, 11) is -0.945. The maximum atomic E-state index is 12.5. The summed E-state index contributed by atoms with van der Waals surface area (Å²) in [6.45, 7) is 2.01. The number of carbonyl (C=O) groups is 1. The van der Waals surface area contributed by atoms with Crippen LogP contribution in [-0.4, -0.2) is 19.9 Å². The fourth-order valence-electron chi connectivity index (χ4n) is 2.81. The number of aromatic nitrogens is 2. The normalized spacial score (nSPS) is 16.1. The average Bonchev–Trinajstić information content (AvgIpc) is 3.26. The monoisotopic (exact) mass is 357 g/mol. The molecule has 1 aromatic carbocycles. The van der Waals surface area contributed by atoms with Crippen LogP contribution in [0.4, 0.5) is 5.82 Å². The average molecular weight is 357 g/mol. The fourth-order valence-corrected chi connectivity index (χ4v) is 4.69. The summed E-state index contributed by atoms with van der Waals surface area (Å²) in [4.78, 5) is 13.1. The molecule has 1 amide bonds. The maximum Gasteiger partial charge on any atom is 0.266 e. The summed E-state index contributed by atoms with van der Waals surface area (Å²) in [5, 5.41) is 9.46. The Balaban J connectivity index is 1.81. The number of rotatable bonds is 3. The van der Waals surface area contributed by atoms with Gasteiger partial charge in [0, 0.05) is 16.4 Å². The highest BCUT2D eigenvalue weighted by molar-refractivity contribution is 7.83. The molecule has 122 valence electrons. The quantitative estimate of drug-likeness (QED) is 0.782. The van der Waals surface area contributed by atoms with Gasteiger partial charge in [0.05, 0.1) is 27.8 Å². The van der Waals surface area contributed by atoms with Gasteiger partial charge in [-0.2, -0.15) is 5.10 Å². The molecule has 1 aliphatic rings. The van der Waals surface area contributed by atoms with Crippen LogP contribution in [0, 0.1) is 6.92 Å². The SMILES string of the molecule is Cc1ccccc1-n1nc2c(c1NC(=O)c1cccs1)C[S@@](=O)C2. The lowest BCUT2D eigenvalue weighted by molar-refractivity contribution is 0.102. The van der Waals surface area contributed by atoms with Crippen LogP contribution in [0.2, 0.25) is 0 Å². The molecule has 5 nitrogen and oxygen atoms in total. The number of para-hydroxylation sites is 1. The smallest absolute Gasteiger partial charge is 0.266 e. The van der Waals surface area contributed by atoms with Crippen LogP contribution in [0.15, 0.2) is 41.8 Å². The van der Waals surface area contributed by atoms with Gasteiger partial charge >= 0.3 is 0 Å². The number of thiophene rings is 1. The lowest BCUT2D eigenvalue weighted by Gasteiger charge is -2.12. The molecule has 4 rings (SSSR count). The van der Waals surface area contributed by atoms with Crippen molar-refractivity contribution in [2.45, 2.75) is 18.4 Å². The Morgan fingerprint density at radius 2 is 2.08 bits per heavy atom. The lowest BCUT2D eigenvalue weighted by Crippen LogP contribution is -2.16. The van der Waals surface area contributed by atoms with Gasteiger partial charge in [0.2, 0.25) is 0 Å². The van der Waals surface area contributed by atoms with E-state index in [1.165, 1.54) is 11.3 Å². The summed E-state index contributed by atoms with van der Waals surface area (Å²) in [5.41, 5.74) is 3.66. The molecule has 0 saturated carbocycles. The zero-order valence-electron chi connectivity index (χ0n) is 13.0. The minimum Gasteiger partial charge on any atom is -0.305 e. The molecule has 1 atom stereocenters. The zero-order valence-corrected chi connectivity index (χ0v) is 14.6. The van der Waals surface area contributed by atoms with E-state index in [1.54, 1.807) is 10.7 Å². The molecule has 1 N–H and O–H groups in total. The molecule has 0 fully saturated rings. The first-order valence-electron chi connectivity index (χ1n) is 7.50. The van der Waals surface area contributed by atoms with Gasteiger partial charge in [-0.25, -0.2) is 4.68 Å². The van der Waals surface area contributed by atoms with Crippen molar-refractivity contribution in [3.63, 3.8) is 0 Å². The van der Waals surface area contributed by atoms with Gasteiger partial charge in [-0.3, -0.25) is 9.00 Å². The van der Waals surface area contributed by atoms with Gasteiger partial charge in [0.1, 0.15) is 5.82 Å². The van der Waals surface area contributed by atoms with E-state index in [9.17, 15) is 9.00 Å². The number of hydrogen-bond acceptors (Lipinski definition) is 4. The number of nitrogens with zero attached hydrogens (tertiary/aromatic N) is 2. The van der Waals surface area contributed by atoms with Gasteiger partial charge in [-0.05, 0) is 30.0 Å². The van der Waals surface area contributed by atoms with Gasteiger partial charge in [0.25, 0.3) is 5.91 Å². The van der Waals surface area contributed by atoms with Gasteiger partial charge in [0.15, 0.2) is 0 Å². The lowest BCUT2D eigenvalue weighted by atomic mass is 10.2. The van der Waals surface area contributed by atoms with Crippen molar-refractivity contribution in [1.29, 1.82) is 0 Å². The summed E-state index contributed by atoms with van der Waals surface area (Å²) < 4.78 is 13.7. The summed E-state index contributed by atoms with van der Waals surface area (Å²) in [6, 6.07) is 11.5. The van der Waals surface area contributed by atoms with Crippen molar-refractivity contribution < 1.29 is 9.00 Å². The number of anilines is 1.